The average molecular weight is 1780 g/mol. The fraction of sp³-hybridized carbons (Fsp3) is 0.183. The fourth-order valence-electron chi connectivity index (χ4n) is 12.5. The molecule has 51 heteroatoms. The summed E-state index contributed by atoms with van der Waals surface area (Å²) in [7, 11) is -29.2. The highest BCUT2D eigenvalue weighted by Gasteiger charge is 2.33. The van der Waals surface area contributed by atoms with Crippen LogP contribution in [0.3, 0.4) is 0 Å². The largest absolute Gasteiger partial charge is 0.474 e. The Kier molecular flexibility index (Phi) is 22.5. The van der Waals surface area contributed by atoms with Gasteiger partial charge in [0.1, 0.15) is 49.6 Å². The molecule has 0 unspecified atom stereocenters. The highest BCUT2D eigenvalue weighted by molar-refractivity contribution is 7.87. The van der Waals surface area contributed by atoms with E-state index >= 15 is 0 Å². The number of nitriles is 3. The van der Waals surface area contributed by atoms with Crippen LogP contribution in [0, 0.1) is 54.8 Å². The van der Waals surface area contributed by atoms with Gasteiger partial charge in [0.05, 0.1) is 112 Å². The molecule has 0 spiro atoms. The average Bonchev–Trinajstić information content (AvgIpc) is 1.59. The van der Waals surface area contributed by atoms with E-state index in [-0.39, 0.29) is 99.0 Å². The highest BCUT2D eigenvalue weighted by atomic mass is 32.2. The zero-order chi connectivity index (χ0) is 88.6. The summed E-state index contributed by atoms with van der Waals surface area (Å²) in [5.41, 5.74) is 4.67. The molecule has 9 N–H and O–H groups in total. The van der Waals surface area contributed by atoms with Crippen molar-refractivity contribution in [2.75, 3.05) is 6.61 Å². The number of ether oxygens (including phenoxy) is 2. The molecule has 45 nitrogen and oxygen atoms in total. The first-order chi connectivity index (χ1) is 57.2. The lowest BCUT2D eigenvalue weighted by atomic mass is 9.91. The van der Waals surface area contributed by atoms with Crippen LogP contribution in [0.4, 0.5) is 34.5 Å². The van der Waals surface area contributed by atoms with E-state index in [0.717, 1.165) is 79.7 Å². The topological polar surface area (TPSA) is 660 Å². The predicted octanol–water partition coefficient (Wildman–Crippen LogP) is 11.5. The smallest absolute Gasteiger partial charge is 0.311 e. The van der Waals surface area contributed by atoms with Crippen LogP contribution in [0.25, 0.3) is 67.1 Å². The number of hydrogen-bond acceptors (Lipinski definition) is 30. The van der Waals surface area contributed by atoms with Crippen LogP contribution >= 0.6 is 0 Å². The van der Waals surface area contributed by atoms with Crippen molar-refractivity contribution < 1.29 is 92.1 Å². The summed E-state index contributed by atoms with van der Waals surface area (Å²) in [6.07, 6.45) is -0.515. The Morgan fingerprint density at radius 3 is 1.12 bits per heavy atom. The lowest BCUT2D eigenvalue weighted by Crippen LogP contribution is -2.12. The SMILES string of the molecule is CCOC(=O)Cc1[nH]n2c(nc3ccccc32)c1N=Nc1c(C#N)c(C)nn1-c1cc(S(=O)(=O)O)ccc1S(=O)(=O)O.Cc1nn(-c2cc(S(=O)(=O)O)ccc2S(=O)(=O)O)c(N=Nc2c(C(C)(C)C)[nH]n3c2nc2ccccc23)c1C#N.Cc1nn(-c2cc(S(=O)(=O)O)ccc2S(=O)(=O)O)c(N=Nc2c(OC(C)C)[nH]n3c2nc2ccccc23)c1C#N. The van der Waals surface area contributed by atoms with E-state index in [2.05, 4.69) is 76.2 Å². The van der Waals surface area contributed by atoms with Gasteiger partial charge in [-0.2, -0.15) is 81.6 Å². The van der Waals surface area contributed by atoms with Gasteiger partial charge >= 0.3 is 5.97 Å². The molecule has 0 atom stereocenters. The van der Waals surface area contributed by atoms with Crippen molar-refractivity contribution in [3.63, 3.8) is 0 Å². The Balaban J connectivity index is 0.000000158. The first-order valence-corrected chi connectivity index (χ1v) is 43.7. The van der Waals surface area contributed by atoms with Gasteiger partial charge in [-0.15, -0.1) is 30.7 Å². The number of benzene rings is 6. The number of rotatable bonds is 20. The summed E-state index contributed by atoms with van der Waals surface area (Å²) in [5.74, 6) is -1.23. The third-order valence-corrected chi connectivity index (χ3v) is 23.1. The molecule has 0 fully saturated rings. The van der Waals surface area contributed by atoms with E-state index in [1.165, 1.54) is 20.8 Å². The van der Waals surface area contributed by atoms with Crippen LogP contribution in [-0.4, -0.2) is 170 Å². The van der Waals surface area contributed by atoms with Crippen molar-refractivity contribution in [3.05, 3.63) is 173 Å². The van der Waals surface area contributed by atoms with Crippen molar-refractivity contribution in [2.45, 2.75) is 110 Å². The number of hydrogen-bond donors (Lipinski definition) is 9. The Morgan fingerprint density at radius 2 is 0.787 bits per heavy atom. The monoisotopic (exact) mass is 1780 g/mol. The first kappa shape index (κ1) is 85.8. The van der Waals surface area contributed by atoms with Gasteiger partial charge in [-0.3, -0.25) is 47.4 Å². The van der Waals surface area contributed by atoms with E-state index in [0.29, 0.717) is 44.7 Å². The number of aryl methyl sites for hydroxylation is 3. The van der Waals surface area contributed by atoms with Crippen molar-refractivity contribution in [2.24, 2.45) is 30.7 Å². The Labute approximate surface area is 688 Å². The molecular formula is C71H62N24O21S6. The van der Waals surface area contributed by atoms with Gasteiger partial charge in [-0.1, -0.05) is 57.2 Å². The number of aromatic amines is 3. The Morgan fingerprint density at radius 1 is 0.459 bits per heavy atom. The van der Waals surface area contributed by atoms with E-state index in [1.54, 1.807) is 64.6 Å². The number of H-pyrrole nitrogens is 3. The van der Waals surface area contributed by atoms with Gasteiger partial charge in [-0.25, -0.2) is 42.5 Å². The van der Waals surface area contributed by atoms with Gasteiger partial charge in [-0.05, 0) is 133 Å². The Bertz CT molecular complexity index is 7870. The number of carbonyl (C=O) groups is 1. The minimum absolute atomic E-state index is 0.0579. The van der Waals surface area contributed by atoms with Crippen molar-refractivity contribution in [1.82, 2.24) is 73.1 Å². The van der Waals surface area contributed by atoms with Crippen LogP contribution in [0.5, 0.6) is 5.88 Å². The summed E-state index contributed by atoms with van der Waals surface area (Å²) in [5, 5.41) is 76.9. The first-order valence-electron chi connectivity index (χ1n) is 35.1. The van der Waals surface area contributed by atoms with Gasteiger partial charge in [0.2, 0.25) is 5.88 Å². The molecule has 9 heterocycles. The number of para-hydroxylation sites is 6. The van der Waals surface area contributed by atoms with Crippen molar-refractivity contribution in [1.29, 1.82) is 15.8 Å². The number of nitrogens with zero attached hydrogens (tertiary/aromatic N) is 21. The van der Waals surface area contributed by atoms with Gasteiger partial charge in [0.25, 0.3) is 60.7 Å². The van der Waals surface area contributed by atoms with Gasteiger partial charge in [0.15, 0.2) is 51.5 Å². The molecule has 6 aromatic carbocycles. The lowest BCUT2D eigenvalue weighted by Gasteiger charge is -2.16. The second kappa shape index (κ2) is 31.9. The van der Waals surface area contributed by atoms with Gasteiger partial charge in [0, 0.05) is 5.41 Å². The summed E-state index contributed by atoms with van der Waals surface area (Å²) < 4.78 is 220. The number of azo groups is 3. The molecule has 0 saturated heterocycles. The zero-order valence-corrected chi connectivity index (χ0v) is 69.2. The molecule has 0 radical (unpaired) electrons. The zero-order valence-electron chi connectivity index (χ0n) is 64.3. The van der Waals surface area contributed by atoms with Crippen LogP contribution in [0.2, 0.25) is 0 Å². The minimum Gasteiger partial charge on any atom is -0.474 e. The summed E-state index contributed by atoms with van der Waals surface area (Å²) in [4.78, 5) is 21.8. The molecule has 0 aliphatic heterocycles. The van der Waals surface area contributed by atoms with E-state index in [4.69, 9.17) is 9.47 Å². The maximum Gasteiger partial charge on any atom is 0.311 e. The third kappa shape index (κ3) is 16.8. The number of nitrogens with one attached hydrogen (secondary N) is 3. The fourth-order valence-corrected chi connectivity index (χ4v) is 15.9. The molecule has 0 aliphatic rings. The number of fused-ring (bicyclic) bond motifs is 9. The second-order valence-electron chi connectivity index (χ2n) is 27.5. The summed E-state index contributed by atoms with van der Waals surface area (Å²) >= 11 is 0. The summed E-state index contributed by atoms with van der Waals surface area (Å²) in [6, 6.07) is 34.5. The molecule has 9 aromatic heterocycles. The summed E-state index contributed by atoms with van der Waals surface area (Å²) in [6.45, 7) is 15.6. The van der Waals surface area contributed by atoms with E-state index in [1.807, 2.05) is 81.4 Å². The van der Waals surface area contributed by atoms with Crippen LogP contribution in [0.15, 0.2) is 187 Å². The van der Waals surface area contributed by atoms with E-state index in [9.17, 15) is 98.4 Å². The molecule has 0 amide bonds. The van der Waals surface area contributed by atoms with E-state index < -0.39 is 119 Å². The molecule has 628 valence electrons. The van der Waals surface area contributed by atoms with Crippen LogP contribution < -0.4 is 4.74 Å². The maximum absolute atomic E-state index is 12.3. The Hall–Kier alpha value is -14.0. The predicted molar refractivity (Wildman–Crippen MR) is 426 cm³/mol. The number of imidazole rings is 3. The molecule has 122 heavy (non-hydrogen) atoms. The molecule has 15 aromatic rings. The minimum atomic E-state index is -4.96. The quantitative estimate of drug-likeness (QED) is 0.0194. The number of aromatic nitrogens is 15. The van der Waals surface area contributed by atoms with Crippen molar-refractivity contribution in [3.8, 4) is 41.1 Å². The molecule has 0 saturated carbocycles. The van der Waals surface area contributed by atoms with Crippen LogP contribution in [-0.2, 0) is 82.1 Å². The lowest BCUT2D eigenvalue weighted by molar-refractivity contribution is -0.142. The third-order valence-electron chi connectivity index (χ3n) is 17.8. The molecule has 15 rings (SSSR count). The molecule has 0 bridgehead atoms. The molecule has 0 aliphatic carbocycles. The standard InChI is InChI=1S/C24H20N8O8S2.C24H22N8O6S2.C23H20N8O7S2/c1-3-40-21(33)11-17-22(24-26-16-6-4-5-7-18(16)31(24)30-17)27-28-23-15(12-25)13(2)29-32(23)19-10-14(41(34,35)36)8-9-20(19)42(37,38)39;1-13-15(12-25)22(32(29-13)18-11-14(39(33,34)35)9-10-19(18)40(36,37)38)28-27-20-21(24(2,3)4)30-31-17-8-6-5-7-16(17)26-23(20)31;1-12(2)38-23-20(22-25-16-6-4-5-7-17(16)30(22)29-23)26-27-21-15(11-24)13(3)28-31(21)18-10-14(39(32,33)34)8-9-19(18)40(35,36)37/h4-10,30H,3,11H2,1-2H3,(H,34,35,36)(H,37,38,39);5-11,30H,1-4H3,(H,33,34,35)(H,36,37,38);4-10,12,29H,1-3H3,(H,32,33,34)(H,35,36,37). The van der Waals surface area contributed by atoms with Crippen molar-refractivity contribution >= 4 is 151 Å². The highest BCUT2D eigenvalue weighted by Crippen LogP contribution is 2.42. The second-order valence-corrected chi connectivity index (χ2v) is 35.9. The molecular weight excluding hydrogens is 1720 g/mol. The normalized spacial score (nSPS) is 12.7. The number of esters is 1. The number of carbonyl (C=O) groups excluding carboxylic acids is 1. The maximum atomic E-state index is 12.3. The van der Waals surface area contributed by atoms with Gasteiger partial charge < -0.3 is 9.47 Å². The van der Waals surface area contributed by atoms with Crippen LogP contribution in [0.1, 0.15) is 86.7 Å².